The molecule has 0 aliphatic heterocycles. The standard InChI is InChI=1S/C13H19NO2/c1-8-6-11(13(14-4)10(3)15)12(16-5)7-9(8)2/h6-7,13-14H,1-5H3. The van der Waals surface area contributed by atoms with Gasteiger partial charge in [0.05, 0.1) is 13.2 Å². The number of Topliss-reactive ketones (excluding diaryl/α,β-unsaturated/α-hetero) is 1. The van der Waals surface area contributed by atoms with Gasteiger partial charge in [0.15, 0.2) is 5.78 Å². The van der Waals surface area contributed by atoms with Gasteiger partial charge in [-0.2, -0.15) is 0 Å². The quantitative estimate of drug-likeness (QED) is 0.846. The van der Waals surface area contributed by atoms with Gasteiger partial charge in [-0.15, -0.1) is 0 Å². The first-order valence-electron chi connectivity index (χ1n) is 5.34. The van der Waals surface area contributed by atoms with Gasteiger partial charge in [-0.05, 0) is 45.0 Å². The largest absolute Gasteiger partial charge is 0.496 e. The molecule has 0 saturated carbocycles. The number of methoxy groups -OCH3 is 1. The molecule has 16 heavy (non-hydrogen) atoms. The second kappa shape index (κ2) is 5.12. The van der Waals surface area contributed by atoms with Gasteiger partial charge in [-0.25, -0.2) is 0 Å². The first kappa shape index (κ1) is 12.7. The average molecular weight is 221 g/mol. The lowest BCUT2D eigenvalue weighted by molar-refractivity contribution is -0.119. The molecule has 0 spiro atoms. The number of hydrogen-bond donors (Lipinski definition) is 1. The number of rotatable bonds is 4. The van der Waals surface area contributed by atoms with Gasteiger partial charge in [0, 0.05) is 5.56 Å². The SMILES string of the molecule is CNC(C(C)=O)c1cc(C)c(C)cc1OC. The highest BCUT2D eigenvalue weighted by molar-refractivity contribution is 5.83. The Bertz CT molecular complexity index is 399. The summed E-state index contributed by atoms with van der Waals surface area (Å²) in [4.78, 5) is 11.5. The van der Waals surface area contributed by atoms with E-state index in [1.165, 1.54) is 5.56 Å². The van der Waals surface area contributed by atoms with E-state index in [9.17, 15) is 4.79 Å². The van der Waals surface area contributed by atoms with E-state index in [0.717, 1.165) is 16.9 Å². The fourth-order valence-electron chi connectivity index (χ4n) is 1.79. The number of nitrogens with one attached hydrogen (secondary N) is 1. The Morgan fingerprint density at radius 1 is 1.31 bits per heavy atom. The summed E-state index contributed by atoms with van der Waals surface area (Å²) in [5, 5.41) is 3.01. The average Bonchev–Trinajstić information content (AvgIpc) is 2.23. The number of ketones is 1. The molecule has 1 rings (SSSR count). The number of aryl methyl sites for hydroxylation is 2. The van der Waals surface area contributed by atoms with E-state index in [-0.39, 0.29) is 11.8 Å². The zero-order valence-electron chi connectivity index (χ0n) is 10.5. The third-order valence-electron chi connectivity index (χ3n) is 2.85. The van der Waals surface area contributed by atoms with Crippen LogP contribution in [-0.4, -0.2) is 19.9 Å². The van der Waals surface area contributed by atoms with Crippen LogP contribution in [0.5, 0.6) is 5.75 Å². The first-order chi connectivity index (χ1) is 7.51. The van der Waals surface area contributed by atoms with Crippen molar-refractivity contribution >= 4 is 5.78 Å². The van der Waals surface area contributed by atoms with Gasteiger partial charge in [0.25, 0.3) is 0 Å². The molecule has 3 nitrogen and oxygen atoms in total. The van der Waals surface area contributed by atoms with Crippen molar-refractivity contribution in [3.63, 3.8) is 0 Å². The summed E-state index contributed by atoms with van der Waals surface area (Å²) in [6.07, 6.45) is 0. The molecule has 88 valence electrons. The third-order valence-corrected chi connectivity index (χ3v) is 2.85. The van der Waals surface area contributed by atoms with Crippen molar-refractivity contribution in [1.29, 1.82) is 0 Å². The molecule has 0 aromatic heterocycles. The van der Waals surface area contributed by atoms with Gasteiger partial charge < -0.3 is 10.1 Å². The third kappa shape index (κ3) is 2.42. The summed E-state index contributed by atoms with van der Waals surface area (Å²) < 4.78 is 5.32. The highest BCUT2D eigenvalue weighted by atomic mass is 16.5. The van der Waals surface area contributed by atoms with Crippen molar-refractivity contribution in [3.8, 4) is 5.75 Å². The molecule has 0 bridgehead atoms. The number of ether oxygens (including phenoxy) is 1. The molecule has 3 heteroatoms. The summed E-state index contributed by atoms with van der Waals surface area (Å²) in [5.74, 6) is 0.849. The zero-order valence-corrected chi connectivity index (χ0v) is 10.5. The normalized spacial score (nSPS) is 12.3. The molecule has 1 unspecified atom stereocenters. The molecule has 0 fully saturated rings. The number of benzene rings is 1. The molecular weight excluding hydrogens is 202 g/mol. The topological polar surface area (TPSA) is 38.3 Å². The van der Waals surface area contributed by atoms with Crippen LogP contribution in [0.15, 0.2) is 12.1 Å². The number of hydrogen-bond acceptors (Lipinski definition) is 3. The van der Waals surface area contributed by atoms with Crippen LogP contribution in [0.4, 0.5) is 0 Å². The Labute approximate surface area is 96.8 Å². The van der Waals surface area contributed by atoms with Crippen LogP contribution in [0, 0.1) is 13.8 Å². The molecule has 1 atom stereocenters. The van der Waals surface area contributed by atoms with Crippen LogP contribution in [0.2, 0.25) is 0 Å². The molecule has 0 saturated heterocycles. The molecule has 0 radical (unpaired) electrons. The van der Waals surface area contributed by atoms with Gasteiger partial charge in [-0.3, -0.25) is 4.79 Å². The van der Waals surface area contributed by atoms with Crippen LogP contribution in [-0.2, 0) is 4.79 Å². The number of likely N-dealkylation sites (N-methyl/N-ethyl adjacent to an activating group) is 1. The summed E-state index contributed by atoms with van der Waals surface area (Å²) in [5.41, 5.74) is 3.23. The minimum Gasteiger partial charge on any atom is -0.496 e. The van der Waals surface area contributed by atoms with Crippen molar-refractivity contribution < 1.29 is 9.53 Å². The van der Waals surface area contributed by atoms with Gasteiger partial charge in [0.2, 0.25) is 0 Å². The van der Waals surface area contributed by atoms with E-state index in [0.29, 0.717) is 0 Å². The molecular formula is C13H19NO2. The van der Waals surface area contributed by atoms with Crippen molar-refractivity contribution in [2.24, 2.45) is 0 Å². The summed E-state index contributed by atoms with van der Waals surface area (Å²) in [7, 11) is 3.40. The predicted molar refractivity (Wildman–Crippen MR) is 64.9 cm³/mol. The van der Waals surface area contributed by atoms with E-state index in [2.05, 4.69) is 5.32 Å². The van der Waals surface area contributed by atoms with Crippen molar-refractivity contribution in [1.82, 2.24) is 5.32 Å². The number of carbonyl (C=O) groups excluding carboxylic acids is 1. The van der Waals surface area contributed by atoms with E-state index in [1.807, 2.05) is 26.0 Å². The van der Waals surface area contributed by atoms with Crippen molar-refractivity contribution in [2.45, 2.75) is 26.8 Å². The van der Waals surface area contributed by atoms with E-state index < -0.39 is 0 Å². The van der Waals surface area contributed by atoms with E-state index in [4.69, 9.17) is 4.74 Å². The predicted octanol–water partition coefficient (Wildman–Crippen LogP) is 2.16. The maximum Gasteiger partial charge on any atom is 0.151 e. The van der Waals surface area contributed by atoms with E-state index in [1.54, 1.807) is 21.1 Å². The van der Waals surface area contributed by atoms with Crippen LogP contribution in [0.25, 0.3) is 0 Å². The molecule has 0 aliphatic carbocycles. The Morgan fingerprint density at radius 3 is 2.31 bits per heavy atom. The lowest BCUT2D eigenvalue weighted by atomic mass is 9.97. The first-order valence-corrected chi connectivity index (χ1v) is 5.34. The van der Waals surface area contributed by atoms with Crippen LogP contribution in [0.1, 0.15) is 29.7 Å². The molecule has 0 aliphatic rings. The smallest absolute Gasteiger partial charge is 0.151 e. The Hall–Kier alpha value is -1.35. The Balaban J connectivity index is 3.30. The monoisotopic (exact) mass is 221 g/mol. The number of carbonyl (C=O) groups is 1. The van der Waals surface area contributed by atoms with Gasteiger partial charge in [-0.1, -0.05) is 6.07 Å². The Morgan fingerprint density at radius 2 is 1.88 bits per heavy atom. The lowest BCUT2D eigenvalue weighted by Gasteiger charge is -2.18. The highest BCUT2D eigenvalue weighted by Crippen LogP contribution is 2.28. The van der Waals surface area contributed by atoms with E-state index >= 15 is 0 Å². The lowest BCUT2D eigenvalue weighted by Crippen LogP contribution is -2.24. The minimum atomic E-state index is -0.297. The highest BCUT2D eigenvalue weighted by Gasteiger charge is 2.19. The molecule has 0 heterocycles. The zero-order chi connectivity index (χ0) is 12.3. The molecule has 1 N–H and O–H groups in total. The van der Waals surface area contributed by atoms with Crippen molar-refractivity contribution in [2.75, 3.05) is 14.2 Å². The fraction of sp³-hybridized carbons (Fsp3) is 0.462. The summed E-state index contributed by atoms with van der Waals surface area (Å²) in [6.45, 7) is 5.64. The molecule has 1 aromatic rings. The van der Waals surface area contributed by atoms with Crippen LogP contribution >= 0.6 is 0 Å². The van der Waals surface area contributed by atoms with Crippen LogP contribution in [0.3, 0.4) is 0 Å². The van der Waals surface area contributed by atoms with Crippen LogP contribution < -0.4 is 10.1 Å². The fourth-order valence-corrected chi connectivity index (χ4v) is 1.79. The molecule has 1 aromatic carbocycles. The van der Waals surface area contributed by atoms with Gasteiger partial charge >= 0.3 is 0 Å². The summed E-state index contributed by atoms with van der Waals surface area (Å²) in [6, 6.07) is 3.68. The minimum absolute atomic E-state index is 0.0871. The Kier molecular flexibility index (Phi) is 4.07. The second-order valence-corrected chi connectivity index (χ2v) is 4.01. The summed E-state index contributed by atoms with van der Waals surface area (Å²) >= 11 is 0. The maximum absolute atomic E-state index is 11.5. The van der Waals surface area contributed by atoms with Gasteiger partial charge in [0.1, 0.15) is 5.75 Å². The molecule has 0 amide bonds. The maximum atomic E-state index is 11.5. The second-order valence-electron chi connectivity index (χ2n) is 4.01. The van der Waals surface area contributed by atoms with Crippen molar-refractivity contribution in [3.05, 3.63) is 28.8 Å².